The third-order valence-corrected chi connectivity index (χ3v) is 11.2. The van der Waals surface area contributed by atoms with Crippen molar-refractivity contribution in [2.75, 3.05) is 26.2 Å². The second-order valence-electron chi connectivity index (χ2n) is 16.8. The molecule has 0 aliphatic heterocycles. The van der Waals surface area contributed by atoms with Gasteiger partial charge in [0.25, 0.3) is 0 Å². The molecule has 4 N–H and O–H groups in total. The van der Waals surface area contributed by atoms with Gasteiger partial charge in [-0.2, -0.15) is 0 Å². The maximum atomic E-state index is 14.2. The maximum Gasteiger partial charge on any atom is 0.225 e. The van der Waals surface area contributed by atoms with E-state index in [1.807, 2.05) is 44.2 Å². The van der Waals surface area contributed by atoms with Gasteiger partial charge in [-0.15, -0.1) is 0 Å². The van der Waals surface area contributed by atoms with Crippen LogP contribution in [-0.4, -0.2) is 89.4 Å². The Morgan fingerprint density at radius 3 is 1.98 bits per heavy atom. The molecule has 0 bridgehead atoms. The number of nitrogens with zero attached hydrogens (tertiary/aromatic N) is 1. The summed E-state index contributed by atoms with van der Waals surface area (Å²) in [4.78, 5) is 83.4. The summed E-state index contributed by atoms with van der Waals surface area (Å²) in [6.07, 6.45) is 8.06. The average Bonchev–Trinajstić information content (AvgIpc) is 3.16. The van der Waals surface area contributed by atoms with E-state index in [9.17, 15) is 33.9 Å². The Kier molecular flexibility index (Phi) is 23.0. The van der Waals surface area contributed by atoms with Gasteiger partial charge >= 0.3 is 0 Å². The fourth-order valence-electron chi connectivity index (χ4n) is 7.90. The number of carbonyl (C=O) groups is 6. The number of carbonyl (C=O) groups excluding carboxylic acids is 6. The van der Waals surface area contributed by atoms with Gasteiger partial charge in [0.1, 0.15) is 5.78 Å². The topological polar surface area (TPSA) is 162 Å². The number of hydrogen-bond acceptors (Lipinski definition) is 8. The Bertz CT molecular complexity index is 1360. The Hall–Kier alpha value is -3.44. The van der Waals surface area contributed by atoms with Crippen molar-refractivity contribution < 1.29 is 33.9 Å². The summed E-state index contributed by atoms with van der Waals surface area (Å²) in [5.41, 5.74) is 0.927. The molecule has 2 rings (SSSR count). The molecule has 1 aromatic rings. The van der Waals surface area contributed by atoms with Crippen molar-refractivity contribution in [1.29, 1.82) is 0 Å². The molecule has 56 heavy (non-hydrogen) atoms. The number of aliphatic hydroxyl groups excluding tert-OH is 1. The van der Waals surface area contributed by atoms with Crippen molar-refractivity contribution in [1.82, 2.24) is 20.9 Å². The second kappa shape index (κ2) is 26.5. The zero-order valence-corrected chi connectivity index (χ0v) is 35.6. The maximum absolute atomic E-state index is 14.2. The zero-order valence-electron chi connectivity index (χ0n) is 35.6. The SMILES string of the molecule is CCNC(=O)C(CO)CC(=O)[C@H](CCCCN(CC)C(C)C)NC(=O)C(CC(=O)[C@H](C)NC(=O)C(CC(=O)CC(C)C)Cc1ccccc1)CC1CCCCC1. The first kappa shape index (κ1) is 48.7. The predicted molar refractivity (Wildman–Crippen MR) is 222 cm³/mol. The van der Waals surface area contributed by atoms with Crippen LogP contribution in [0.2, 0.25) is 0 Å². The molecule has 11 heteroatoms. The van der Waals surface area contributed by atoms with Crippen molar-refractivity contribution in [3.05, 3.63) is 35.9 Å². The molecule has 0 spiro atoms. The highest BCUT2D eigenvalue weighted by Crippen LogP contribution is 2.31. The first-order valence-corrected chi connectivity index (χ1v) is 21.5. The van der Waals surface area contributed by atoms with E-state index in [0.717, 1.165) is 57.2 Å². The van der Waals surface area contributed by atoms with Gasteiger partial charge in [0.15, 0.2) is 11.6 Å². The van der Waals surface area contributed by atoms with Gasteiger partial charge in [0, 0.05) is 50.1 Å². The average molecular weight is 783 g/mol. The molecular weight excluding hydrogens is 709 g/mol. The monoisotopic (exact) mass is 783 g/mol. The number of unbranched alkanes of at least 4 members (excludes halogenated alkanes) is 1. The second-order valence-corrected chi connectivity index (χ2v) is 16.8. The highest BCUT2D eigenvalue weighted by Gasteiger charge is 2.33. The van der Waals surface area contributed by atoms with Gasteiger partial charge in [0.05, 0.1) is 24.6 Å². The number of hydrogen-bond donors (Lipinski definition) is 4. The van der Waals surface area contributed by atoms with Gasteiger partial charge in [-0.25, -0.2) is 0 Å². The van der Waals surface area contributed by atoms with E-state index in [0.29, 0.717) is 44.7 Å². The molecule has 3 amide bonds. The summed E-state index contributed by atoms with van der Waals surface area (Å²) in [6, 6.07) is 8.15. The van der Waals surface area contributed by atoms with Crippen LogP contribution in [0.4, 0.5) is 0 Å². The molecule has 1 aliphatic carbocycles. The van der Waals surface area contributed by atoms with Crippen LogP contribution >= 0.6 is 0 Å². The molecule has 1 aliphatic rings. The molecule has 316 valence electrons. The van der Waals surface area contributed by atoms with Gasteiger partial charge in [0.2, 0.25) is 17.7 Å². The van der Waals surface area contributed by atoms with E-state index in [1.165, 1.54) is 0 Å². The molecule has 0 saturated heterocycles. The standard InChI is InChI=1S/C45H74N4O7/c1-8-46-43(54)38(30-50)29-42(53)40(22-16-17-23-49(9-2)32(5)6)48-45(56)37(26-35-20-14-11-15-21-35)28-41(52)33(7)47-44(55)36(27-39(51)24-31(3)4)25-34-18-12-10-13-19-34/h10,12-13,18-19,31-33,35-38,40,50H,8-9,11,14-17,20-30H2,1-7H3,(H,46,54)(H,47,55)(H,48,56)/t33-,36?,37?,38?,40-/m0/s1. The molecule has 1 fully saturated rings. The summed E-state index contributed by atoms with van der Waals surface area (Å²) in [5, 5.41) is 18.5. The predicted octanol–water partition coefficient (Wildman–Crippen LogP) is 5.99. The molecule has 11 nitrogen and oxygen atoms in total. The smallest absolute Gasteiger partial charge is 0.225 e. The van der Waals surface area contributed by atoms with Crippen LogP contribution in [0, 0.1) is 29.6 Å². The van der Waals surface area contributed by atoms with Crippen molar-refractivity contribution >= 4 is 35.1 Å². The normalized spacial score (nSPS) is 16.2. The number of Topliss-reactive ketones (excluding diaryl/α,β-unsaturated/α-hetero) is 3. The number of rotatable bonds is 28. The van der Waals surface area contributed by atoms with Crippen LogP contribution in [0.25, 0.3) is 0 Å². The lowest BCUT2D eigenvalue weighted by atomic mass is 9.80. The summed E-state index contributed by atoms with van der Waals surface area (Å²) >= 11 is 0. The molecule has 0 radical (unpaired) electrons. The molecular formula is C45H74N4O7. The number of nitrogens with one attached hydrogen (secondary N) is 3. The Labute approximate surface area is 337 Å². The number of aliphatic hydroxyl groups is 1. The number of amides is 3. The highest BCUT2D eigenvalue weighted by atomic mass is 16.3. The van der Waals surface area contributed by atoms with E-state index >= 15 is 0 Å². The summed E-state index contributed by atoms with van der Waals surface area (Å²) in [6.45, 7) is 15.4. The Balaban J connectivity index is 2.27. The molecule has 1 saturated carbocycles. The van der Waals surface area contributed by atoms with E-state index < -0.39 is 42.4 Å². The van der Waals surface area contributed by atoms with Gasteiger partial charge in [-0.05, 0) is 90.3 Å². The van der Waals surface area contributed by atoms with E-state index in [4.69, 9.17) is 0 Å². The zero-order chi connectivity index (χ0) is 41.6. The minimum atomic E-state index is -0.922. The lowest BCUT2D eigenvalue weighted by Gasteiger charge is -2.29. The van der Waals surface area contributed by atoms with E-state index in [-0.39, 0.29) is 60.3 Å². The van der Waals surface area contributed by atoms with Crippen molar-refractivity contribution in [2.45, 2.75) is 156 Å². The van der Waals surface area contributed by atoms with Crippen LogP contribution in [-0.2, 0) is 35.2 Å². The number of benzene rings is 1. The van der Waals surface area contributed by atoms with E-state index in [1.54, 1.807) is 13.8 Å². The lowest BCUT2D eigenvalue weighted by molar-refractivity contribution is -0.136. The molecule has 0 heterocycles. The van der Waals surface area contributed by atoms with Gasteiger partial charge in [-0.3, -0.25) is 28.8 Å². The van der Waals surface area contributed by atoms with Gasteiger partial charge in [-0.1, -0.05) is 83.2 Å². The lowest BCUT2D eigenvalue weighted by Crippen LogP contribution is -2.47. The van der Waals surface area contributed by atoms with E-state index in [2.05, 4.69) is 41.6 Å². The summed E-state index contributed by atoms with van der Waals surface area (Å²) < 4.78 is 0. The van der Waals surface area contributed by atoms with Crippen LogP contribution in [0.15, 0.2) is 30.3 Å². The van der Waals surface area contributed by atoms with Gasteiger partial charge < -0.3 is 26.0 Å². The van der Waals surface area contributed by atoms with Crippen molar-refractivity contribution in [3.63, 3.8) is 0 Å². The molecule has 0 aromatic heterocycles. The summed E-state index contributed by atoms with van der Waals surface area (Å²) in [7, 11) is 0. The van der Waals surface area contributed by atoms with Crippen LogP contribution < -0.4 is 16.0 Å². The minimum absolute atomic E-state index is 0.00212. The number of ketones is 3. The fraction of sp³-hybridized carbons (Fsp3) is 0.733. The summed E-state index contributed by atoms with van der Waals surface area (Å²) in [5.74, 6) is -3.59. The molecule has 5 atom stereocenters. The van der Waals surface area contributed by atoms with Crippen LogP contribution in [0.3, 0.4) is 0 Å². The largest absolute Gasteiger partial charge is 0.396 e. The molecule has 3 unspecified atom stereocenters. The van der Waals surface area contributed by atoms with Crippen molar-refractivity contribution in [3.8, 4) is 0 Å². The minimum Gasteiger partial charge on any atom is -0.396 e. The highest BCUT2D eigenvalue weighted by molar-refractivity contribution is 5.96. The quantitative estimate of drug-likeness (QED) is 0.0755. The molecule has 1 aromatic carbocycles. The van der Waals surface area contributed by atoms with Crippen LogP contribution in [0.1, 0.15) is 138 Å². The van der Waals surface area contributed by atoms with Crippen molar-refractivity contribution in [2.24, 2.45) is 29.6 Å². The Morgan fingerprint density at radius 1 is 0.750 bits per heavy atom. The fourth-order valence-corrected chi connectivity index (χ4v) is 7.90. The van der Waals surface area contributed by atoms with Crippen LogP contribution in [0.5, 0.6) is 0 Å². The third-order valence-electron chi connectivity index (χ3n) is 11.2. The first-order chi connectivity index (χ1) is 26.7. The Morgan fingerprint density at radius 2 is 1.39 bits per heavy atom. The third kappa shape index (κ3) is 18.2. The first-order valence-electron chi connectivity index (χ1n) is 21.5.